The van der Waals surface area contributed by atoms with Crippen molar-refractivity contribution < 1.29 is 9.47 Å². The van der Waals surface area contributed by atoms with E-state index in [-0.39, 0.29) is 11.5 Å². The van der Waals surface area contributed by atoms with Crippen molar-refractivity contribution >= 4 is 18.2 Å². The molecule has 3 rings (SSSR count). The van der Waals surface area contributed by atoms with Gasteiger partial charge in [0.1, 0.15) is 5.75 Å². The molecular weight excluding hydrogens is 306 g/mol. The standard InChI is InChI=1S/C19H27NO2S/c1-18(2)15-10-11-19(18,3)17(22-5)16(15)23-20-12-13-6-8-14(21-4)9-7-13/h6-9,12,15-17H,10-11H2,1-5H3/b20-12+/t15-,16-,17-,19+/m1/s1. The lowest BCUT2D eigenvalue weighted by Gasteiger charge is -2.38. The van der Waals surface area contributed by atoms with Crippen molar-refractivity contribution in [2.75, 3.05) is 14.2 Å². The van der Waals surface area contributed by atoms with E-state index in [4.69, 9.17) is 9.47 Å². The Labute approximate surface area is 144 Å². The maximum Gasteiger partial charge on any atom is 0.118 e. The number of rotatable bonds is 5. The van der Waals surface area contributed by atoms with Crippen LogP contribution < -0.4 is 4.74 Å². The molecule has 4 heteroatoms. The fraction of sp³-hybridized carbons (Fsp3) is 0.632. The summed E-state index contributed by atoms with van der Waals surface area (Å²) in [5.41, 5.74) is 1.68. The Morgan fingerprint density at radius 2 is 1.87 bits per heavy atom. The van der Waals surface area contributed by atoms with E-state index in [9.17, 15) is 0 Å². The molecule has 126 valence electrons. The minimum absolute atomic E-state index is 0.264. The topological polar surface area (TPSA) is 30.8 Å². The highest BCUT2D eigenvalue weighted by molar-refractivity contribution is 7.98. The normalized spacial score (nSPS) is 35.1. The minimum atomic E-state index is 0.264. The van der Waals surface area contributed by atoms with Gasteiger partial charge in [0.05, 0.1) is 18.5 Å². The number of fused-ring (bicyclic) bond motifs is 2. The molecule has 1 aromatic carbocycles. The van der Waals surface area contributed by atoms with Gasteiger partial charge in [-0.15, -0.1) is 0 Å². The van der Waals surface area contributed by atoms with Crippen molar-refractivity contribution in [1.29, 1.82) is 0 Å². The minimum Gasteiger partial charge on any atom is -0.497 e. The van der Waals surface area contributed by atoms with E-state index in [1.165, 1.54) is 12.8 Å². The number of hydrogen-bond acceptors (Lipinski definition) is 4. The largest absolute Gasteiger partial charge is 0.497 e. The summed E-state index contributed by atoms with van der Waals surface area (Å²) in [6.07, 6.45) is 4.79. The average Bonchev–Trinajstić information content (AvgIpc) is 2.86. The number of benzene rings is 1. The molecule has 2 bridgehead atoms. The summed E-state index contributed by atoms with van der Waals surface area (Å²) in [6.45, 7) is 7.21. The van der Waals surface area contributed by atoms with Crippen LogP contribution in [0.1, 0.15) is 39.2 Å². The predicted octanol–water partition coefficient (Wildman–Crippen LogP) is 4.60. The summed E-state index contributed by atoms with van der Waals surface area (Å²) in [6, 6.07) is 7.99. The van der Waals surface area contributed by atoms with Gasteiger partial charge in [0.25, 0.3) is 0 Å². The zero-order valence-electron chi connectivity index (χ0n) is 14.7. The van der Waals surface area contributed by atoms with Crippen molar-refractivity contribution in [3.63, 3.8) is 0 Å². The number of nitrogens with zero attached hydrogens (tertiary/aromatic N) is 1. The van der Waals surface area contributed by atoms with Gasteiger partial charge in [-0.05, 0) is 66.0 Å². The van der Waals surface area contributed by atoms with Crippen molar-refractivity contribution in [2.24, 2.45) is 21.1 Å². The smallest absolute Gasteiger partial charge is 0.118 e. The zero-order valence-corrected chi connectivity index (χ0v) is 15.5. The lowest BCUT2D eigenvalue weighted by Crippen LogP contribution is -2.39. The van der Waals surface area contributed by atoms with Crippen LogP contribution >= 0.6 is 11.9 Å². The molecule has 0 aliphatic heterocycles. The van der Waals surface area contributed by atoms with Crippen LogP contribution in [0.4, 0.5) is 0 Å². The third kappa shape index (κ3) is 2.60. The molecule has 0 unspecified atom stereocenters. The molecular formula is C19H27NO2S. The van der Waals surface area contributed by atoms with Gasteiger partial charge in [-0.1, -0.05) is 20.8 Å². The van der Waals surface area contributed by atoms with Crippen LogP contribution in [0, 0.1) is 16.7 Å². The first-order valence-corrected chi connectivity index (χ1v) is 9.14. The van der Waals surface area contributed by atoms with Gasteiger partial charge in [0.2, 0.25) is 0 Å². The summed E-state index contributed by atoms with van der Waals surface area (Å²) in [5, 5.41) is 0.447. The molecule has 2 aliphatic carbocycles. The molecule has 0 amide bonds. The quantitative estimate of drug-likeness (QED) is 0.583. The summed E-state index contributed by atoms with van der Waals surface area (Å²) in [5.74, 6) is 1.55. The van der Waals surface area contributed by atoms with E-state index in [1.54, 1.807) is 19.1 Å². The van der Waals surface area contributed by atoms with E-state index < -0.39 is 0 Å². The summed E-state index contributed by atoms with van der Waals surface area (Å²) < 4.78 is 15.8. The maximum absolute atomic E-state index is 5.92. The summed E-state index contributed by atoms with van der Waals surface area (Å²) >= 11 is 1.70. The fourth-order valence-corrected chi connectivity index (χ4v) is 6.06. The molecule has 0 spiro atoms. The summed E-state index contributed by atoms with van der Waals surface area (Å²) in [7, 11) is 3.54. The molecule has 0 radical (unpaired) electrons. The number of methoxy groups -OCH3 is 2. The molecule has 0 N–H and O–H groups in total. The second kappa shape index (κ2) is 6.14. The Bertz CT molecular complexity index is 584. The van der Waals surface area contributed by atoms with Crippen molar-refractivity contribution in [3.05, 3.63) is 29.8 Å². The Balaban J connectivity index is 1.71. The first-order valence-electron chi connectivity index (χ1n) is 8.30. The van der Waals surface area contributed by atoms with Gasteiger partial charge >= 0.3 is 0 Å². The van der Waals surface area contributed by atoms with E-state index >= 15 is 0 Å². The van der Waals surface area contributed by atoms with E-state index in [0.29, 0.717) is 16.6 Å². The molecule has 2 fully saturated rings. The van der Waals surface area contributed by atoms with Crippen LogP contribution in [0.15, 0.2) is 28.7 Å². The fourth-order valence-electron chi connectivity index (χ4n) is 4.59. The molecule has 0 saturated heterocycles. The van der Waals surface area contributed by atoms with Gasteiger partial charge in [-0.3, -0.25) is 0 Å². The van der Waals surface area contributed by atoms with Crippen LogP contribution in [0.5, 0.6) is 5.75 Å². The molecule has 3 nitrogen and oxygen atoms in total. The zero-order chi connectivity index (χ0) is 16.7. The van der Waals surface area contributed by atoms with Gasteiger partial charge in [0.15, 0.2) is 0 Å². The van der Waals surface area contributed by atoms with E-state index in [0.717, 1.165) is 11.3 Å². The first-order chi connectivity index (χ1) is 10.9. The van der Waals surface area contributed by atoms with E-state index in [2.05, 4.69) is 25.2 Å². The number of hydrogen-bond donors (Lipinski definition) is 0. The molecule has 1 aromatic rings. The van der Waals surface area contributed by atoms with E-state index in [1.807, 2.05) is 37.6 Å². The highest BCUT2D eigenvalue weighted by Crippen LogP contribution is 2.68. The average molecular weight is 333 g/mol. The third-order valence-corrected chi connectivity index (χ3v) is 7.50. The first kappa shape index (κ1) is 16.8. The Kier molecular flexibility index (Phi) is 4.49. The number of ether oxygens (including phenoxy) is 2. The molecule has 2 aliphatic rings. The molecule has 4 atom stereocenters. The van der Waals surface area contributed by atoms with Gasteiger partial charge in [0, 0.05) is 18.7 Å². The van der Waals surface area contributed by atoms with Gasteiger partial charge < -0.3 is 9.47 Å². The molecule has 0 aromatic heterocycles. The van der Waals surface area contributed by atoms with Crippen LogP contribution in [0.2, 0.25) is 0 Å². The van der Waals surface area contributed by atoms with Crippen LogP contribution in [0.3, 0.4) is 0 Å². The molecule has 0 heterocycles. The summed E-state index contributed by atoms with van der Waals surface area (Å²) in [4.78, 5) is 0. The monoisotopic (exact) mass is 333 g/mol. The second-order valence-electron chi connectivity index (χ2n) is 7.52. The lowest BCUT2D eigenvalue weighted by atomic mass is 9.70. The van der Waals surface area contributed by atoms with Crippen molar-refractivity contribution in [1.82, 2.24) is 0 Å². The van der Waals surface area contributed by atoms with Crippen LogP contribution in [-0.4, -0.2) is 31.8 Å². The highest BCUT2D eigenvalue weighted by atomic mass is 32.2. The highest BCUT2D eigenvalue weighted by Gasteiger charge is 2.66. The Hall–Kier alpha value is -1.00. The Morgan fingerprint density at radius 3 is 2.48 bits per heavy atom. The third-order valence-electron chi connectivity index (χ3n) is 6.45. The van der Waals surface area contributed by atoms with Gasteiger partial charge in [-0.25, -0.2) is 4.40 Å². The maximum atomic E-state index is 5.92. The second-order valence-corrected chi connectivity index (χ2v) is 8.48. The predicted molar refractivity (Wildman–Crippen MR) is 97.4 cm³/mol. The molecule has 23 heavy (non-hydrogen) atoms. The van der Waals surface area contributed by atoms with Gasteiger partial charge in [-0.2, -0.15) is 0 Å². The van der Waals surface area contributed by atoms with Crippen molar-refractivity contribution in [2.45, 2.75) is 45.0 Å². The van der Waals surface area contributed by atoms with Crippen molar-refractivity contribution in [3.8, 4) is 5.75 Å². The lowest BCUT2D eigenvalue weighted by molar-refractivity contribution is -0.0176. The van der Waals surface area contributed by atoms with Crippen LogP contribution in [0.25, 0.3) is 0 Å². The molecule has 2 saturated carbocycles. The Morgan fingerprint density at radius 1 is 1.17 bits per heavy atom. The van der Waals surface area contributed by atoms with Crippen LogP contribution in [-0.2, 0) is 4.74 Å². The SMILES string of the molecule is COc1ccc(/C=N/S[C@@H]2[C@H]3CC[C@@](C)([C@@H]2OC)C3(C)C)cc1.